The minimum atomic E-state index is -0.0289. The zero-order valence-corrected chi connectivity index (χ0v) is 11.5. The summed E-state index contributed by atoms with van der Waals surface area (Å²) in [4.78, 5) is 11.9. The summed E-state index contributed by atoms with van der Waals surface area (Å²) in [6, 6.07) is 0.358. The number of carbonyl (C=O) groups is 1. The zero-order chi connectivity index (χ0) is 12.0. The lowest BCUT2D eigenvalue weighted by molar-refractivity contribution is -0.123. The van der Waals surface area contributed by atoms with E-state index in [-0.39, 0.29) is 11.4 Å². The zero-order valence-electron chi connectivity index (χ0n) is 10.6. The number of hydrogen-bond acceptors (Lipinski definition) is 3. The van der Waals surface area contributed by atoms with Crippen LogP contribution >= 0.6 is 11.8 Å². The van der Waals surface area contributed by atoms with Crippen molar-refractivity contribution in [3.63, 3.8) is 0 Å². The normalized spacial score (nSPS) is 21.8. The van der Waals surface area contributed by atoms with Gasteiger partial charge in [0.1, 0.15) is 0 Å². The summed E-state index contributed by atoms with van der Waals surface area (Å²) in [5.74, 6) is 2.41. The van der Waals surface area contributed by atoms with Gasteiger partial charge < -0.3 is 10.6 Å². The molecule has 0 radical (unpaired) electrons. The molecule has 1 saturated heterocycles. The quantitative estimate of drug-likeness (QED) is 0.774. The summed E-state index contributed by atoms with van der Waals surface area (Å²) < 4.78 is 0. The van der Waals surface area contributed by atoms with Crippen molar-refractivity contribution in [3.05, 3.63) is 0 Å². The lowest BCUT2D eigenvalue weighted by Crippen LogP contribution is -2.48. The Morgan fingerprint density at radius 2 is 2.19 bits per heavy atom. The molecule has 0 aromatic heterocycles. The van der Waals surface area contributed by atoms with Crippen LogP contribution in [0.25, 0.3) is 0 Å². The second-order valence-electron chi connectivity index (χ2n) is 4.75. The molecule has 1 aliphatic heterocycles. The van der Waals surface area contributed by atoms with E-state index in [1.807, 2.05) is 11.8 Å². The first-order valence-electron chi connectivity index (χ1n) is 6.22. The average molecular weight is 244 g/mol. The fraction of sp³-hybridized carbons (Fsp3) is 0.917. The van der Waals surface area contributed by atoms with Crippen molar-refractivity contribution in [3.8, 4) is 0 Å². The van der Waals surface area contributed by atoms with E-state index in [2.05, 4.69) is 31.4 Å². The van der Waals surface area contributed by atoms with Gasteiger partial charge in [0.2, 0.25) is 5.91 Å². The molecule has 94 valence electrons. The Hall–Kier alpha value is -0.220. The molecule has 1 atom stereocenters. The number of nitrogens with one attached hydrogen (secondary N) is 2. The fourth-order valence-electron chi connectivity index (χ4n) is 1.79. The van der Waals surface area contributed by atoms with Crippen LogP contribution in [0.3, 0.4) is 0 Å². The van der Waals surface area contributed by atoms with Crippen LogP contribution in [-0.2, 0) is 4.79 Å². The number of amides is 1. The van der Waals surface area contributed by atoms with Crippen molar-refractivity contribution in [2.45, 2.75) is 51.6 Å². The van der Waals surface area contributed by atoms with Crippen molar-refractivity contribution in [2.24, 2.45) is 0 Å². The number of thioether (sulfide) groups is 1. The predicted molar refractivity (Wildman–Crippen MR) is 70.9 cm³/mol. The molecule has 1 amide bonds. The number of hydrogen-bond donors (Lipinski definition) is 2. The SMILES string of the molecule is CCC(C)(CC)NC(=O)CC1CSCCN1. The van der Waals surface area contributed by atoms with Gasteiger partial charge in [-0.3, -0.25) is 4.79 Å². The molecular formula is C12H24N2OS. The molecule has 16 heavy (non-hydrogen) atoms. The molecule has 2 N–H and O–H groups in total. The monoisotopic (exact) mass is 244 g/mol. The molecule has 1 aliphatic rings. The largest absolute Gasteiger partial charge is 0.351 e. The molecule has 3 nitrogen and oxygen atoms in total. The predicted octanol–water partition coefficient (Wildman–Crippen LogP) is 1.78. The molecule has 1 rings (SSSR count). The Morgan fingerprint density at radius 3 is 2.69 bits per heavy atom. The second kappa shape index (κ2) is 6.50. The molecule has 1 heterocycles. The molecule has 1 fully saturated rings. The average Bonchev–Trinajstić information content (AvgIpc) is 2.30. The van der Waals surface area contributed by atoms with Crippen molar-refractivity contribution >= 4 is 17.7 Å². The highest BCUT2D eigenvalue weighted by molar-refractivity contribution is 7.99. The van der Waals surface area contributed by atoms with Crippen molar-refractivity contribution < 1.29 is 4.79 Å². The van der Waals surface area contributed by atoms with Crippen LogP contribution in [-0.4, -0.2) is 35.5 Å². The molecular weight excluding hydrogens is 220 g/mol. The lowest BCUT2D eigenvalue weighted by Gasteiger charge is -2.30. The molecule has 0 bridgehead atoms. The van der Waals surface area contributed by atoms with E-state index in [1.165, 1.54) is 5.75 Å². The van der Waals surface area contributed by atoms with Crippen molar-refractivity contribution in [1.82, 2.24) is 10.6 Å². The first-order chi connectivity index (χ1) is 7.59. The Kier molecular flexibility index (Phi) is 5.62. The minimum absolute atomic E-state index is 0.0289. The van der Waals surface area contributed by atoms with E-state index in [0.29, 0.717) is 12.5 Å². The van der Waals surface area contributed by atoms with Gasteiger partial charge >= 0.3 is 0 Å². The van der Waals surface area contributed by atoms with Crippen molar-refractivity contribution in [2.75, 3.05) is 18.1 Å². The van der Waals surface area contributed by atoms with Gasteiger partial charge in [-0.15, -0.1) is 0 Å². The summed E-state index contributed by atoms with van der Waals surface area (Å²) in [5, 5.41) is 6.54. The van der Waals surface area contributed by atoms with E-state index < -0.39 is 0 Å². The highest BCUT2D eigenvalue weighted by Gasteiger charge is 2.24. The molecule has 4 heteroatoms. The number of carbonyl (C=O) groups excluding carboxylic acids is 1. The summed E-state index contributed by atoms with van der Waals surface area (Å²) in [5.41, 5.74) is -0.0289. The second-order valence-corrected chi connectivity index (χ2v) is 5.90. The van der Waals surface area contributed by atoms with Gasteiger partial charge in [0.15, 0.2) is 0 Å². The van der Waals surface area contributed by atoms with Gasteiger partial charge in [-0.1, -0.05) is 13.8 Å². The highest BCUT2D eigenvalue weighted by atomic mass is 32.2. The van der Waals surface area contributed by atoms with Gasteiger partial charge in [-0.2, -0.15) is 11.8 Å². The van der Waals surface area contributed by atoms with E-state index in [9.17, 15) is 4.79 Å². The van der Waals surface area contributed by atoms with Crippen LogP contribution in [0.4, 0.5) is 0 Å². The summed E-state index contributed by atoms with van der Waals surface area (Å²) in [6.45, 7) is 7.40. The third kappa shape index (κ3) is 4.34. The Bertz CT molecular complexity index is 223. The summed E-state index contributed by atoms with van der Waals surface area (Å²) in [6.07, 6.45) is 2.59. The molecule has 0 aliphatic carbocycles. The lowest BCUT2D eigenvalue weighted by atomic mass is 9.95. The van der Waals surface area contributed by atoms with Crippen LogP contribution in [0.2, 0.25) is 0 Å². The molecule has 0 aromatic carbocycles. The smallest absolute Gasteiger partial charge is 0.222 e. The van der Waals surface area contributed by atoms with Gasteiger partial charge in [0.05, 0.1) is 0 Å². The molecule has 0 spiro atoms. The maximum atomic E-state index is 11.9. The minimum Gasteiger partial charge on any atom is -0.351 e. The van der Waals surface area contributed by atoms with Crippen LogP contribution in [0, 0.1) is 0 Å². The van der Waals surface area contributed by atoms with Gasteiger partial charge in [0.25, 0.3) is 0 Å². The van der Waals surface area contributed by atoms with Crippen molar-refractivity contribution in [1.29, 1.82) is 0 Å². The van der Waals surface area contributed by atoms with Crippen LogP contribution < -0.4 is 10.6 Å². The summed E-state index contributed by atoms with van der Waals surface area (Å²) >= 11 is 1.93. The topological polar surface area (TPSA) is 41.1 Å². The third-order valence-corrected chi connectivity index (χ3v) is 4.56. The van der Waals surface area contributed by atoms with E-state index in [1.54, 1.807) is 0 Å². The molecule has 1 unspecified atom stereocenters. The first kappa shape index (κ1) is 13.8. The Balaban J connectivity index is 2.34. The molecule has 0 aromatic rings. The standard InChI is InChI=1S/C12H24N2OS/c1-4-12(3,5-2)14-11(15)8-10-9-16-7-6-13-10/h10,13H,4-9H2,1-3H3,(H,14,15). The van der Waals surface area contributed by atoms with Gasteiger partial charge in [-0.05, 0) is 19.8 Å². The Labute approximate surface area is 103 Å². The maximum absolute atomic E-state index is 11.9. The van der Waals surface area contributed by atoms with Gasteiger partial charge in [-0.25, -0.2) is 0 Å². The fourth-order valence-corrected chi connectivity index (χ4v) is 2.74. The maximum Gasteiger partial charge on any atom is 0.222 e. The number of rotatable bonds is 5. The van der Waals surface area contributed by atoms with Crippen LogP contribution in [0.1, 0.15) is 40.0 Å². The highest BCUT2D eigenvalue weighted by Crippen LogP contribution is 2.15. The molecule has 0 saturated carbocycles. The van der Waals surface area contributed by atoms with E-state index in [0.717, 1.165) is 25.1 Å². The van der Waals surface area contributed by atoms with E-state index >= 15 is 0 Å². The Morgan fingerprint density at radius 1 is 1.50 bits per heavy atom. The van der Waals surface area contributed by atoms with E-state index in [4.69, 9.17) is 0 Å². The third-order valence-electron chi connectivity index (χ3n) is 3.43. The van der Waals surface area contributed by atoms with Crippen LogP contribution in [0.15, 0.2) is 0 Å². The summed E-state index contributed by atoms with van der Waals surface area (Å²) in [7, 11) is 0. The van der Waals surface area contributed by atoms with Gasteiger partial charge in [0, 0.05) is 36.1 Å². The van der Waals surface area contributed by atoms with Crippen LogP contribution in [0.5, 0.6) is 0 Å². The first-order valence-corrected chi connectivity index (χ1v) is 7.37.